The molecule has 6 heteroatoms. The quantitative estimate of drug-likeness (QED) is 0.805. The monoisotopic (exact) mass is 333 g/mol. The molecule has 0 radical (unpaired) electrons. The van der Waals surface area contributed by atoms with E-state index in [-0.39, 0.29) is 11.3 Å². The van der Waals surface area contributed by atoms with Gasteiger partial charge in [0.1, 0.15) is 10.7 Å². The fraction of sp³-hybridized carbons (Fsp3) is 0.588. The van der Waals surface area contributed by atoms with Crippen molar-refractivity contribution in [2.24, 2.45) is 0 Å². The highest BCUT2D eigenvalue weighted by atomic mass is 32.1. The highest BCUT2D eigenvalue weighted by Crippen LogP contribution is 2.33. The van der Waals surface area contributed by atoms with E-state index in [0.717, 1.165) is 32.2 Å². The van der Waals surface area contributed by atoms with Crippen molar-refractivity contribution < 1.29 is 9.53 Å². The van der Waals surface area contributed by atoms with Gasteiger partial charge in [-0.3, -0.25) is 4.79 Å². The average molecular weight is 333 g/mol. The first kappa shape index (κ1) is 16.3. The molecule has 2 aromatic heterocycles. The second-order valence-electron chi connectivity index (χ2n) is 7.02. The summed E-state index contributed by atoms with van der Waals surface area (Å²) in [5.41, 5.74) is 1.85. The highest BCUT2D eigenvalue weighted by molar-refractivity contribution is 7.20. The molecule has 0 aromatic carbocycles. The Balaban J connectivity index is 2.07. The minimum absolute atomic E-state index is 0.0884. The van der Waals surface area contributed by atoms with E-state index in [0.29, 0.717) is 26.3 Å². The van der Waals surface area contributed by atoms with Crippen LogP contribution in [-0.2, 0) is 10.2 Å². The van der Waals surface area contributed by atoms with Gasteiger partial charge in [0.25, 0.3) is 5.91 Å². The molecule has 0 spiro atoms. The molecule has 23 heavy (non-hydrogen) atoms. The molecule has 1 aliphatic rings. The van der Waals surface area contributed by atoms with Crippen LogP contribution in [0.2, 0.25) is 0 Å². The third-order valence-electron chi connectivity index (χ3n) is 4.13. The maximum absolute atomic E-state index is 12.8. The molecule has 0 unspecified atom stereocenters. The van der Waals surface area contributed by atoms with Gasteiger partial charge in [-0.15, -0.1) is 11.3 Å². The van der Waals surface area contributed by atoms with E-state index in [1.807, 2.05) is 18.7 Å². The lowest BCUT2D eigenvalue weighted by Gasteiger charge is -2.26. The number of thiophene rings is 1. The first-order valence-corrected chi connectivity index (χ1v) is 8.76. The van der Waals surface area contributed by atoms with Gasteiger partial charge in [0, 0.05) is 23.9 Å². The van der Waals surface area contributed by atoms with Gasteiger partial charge in [-0.1, -0.05) is 20.8 Å². The lowest BCUT2D eigenvalue weighted by atomic mass is 9.95. The number of carbonyl (C=O) groups excluding carboxylic acids is 1. The van der Waals surface area contributed by atoms with Crippen molar-refractivity contribution >= 4 is 27.5 Å². The Bertz CT molecular complexity index is 755. The molecular formula is C17H23N3O2S. The van der Waals surface area contributed by atoms with Crippen molar-refractivity contribution in [1.82, 2.24) is 14.9 Å². The standard InChI is InChI=1S/C17H23N3O2S/c1-10-12-11(2)18-16(17(3,4)5)19-14(12)23-13(10)15(21)20-6-8-22-9-7-20/h6-9H2,1-5H3. The van der Waals surface area contributed by atoms with Crippen LogP contribution in [0.3, 0.4) is 0 Å². The number of morpholine rings is 1. The minimum atomic E-state index is -0.106. The molecule has 3 rings (SSSR count). The predicted octanol–water partition coefficient (Wildman–Crippen LogP) is 3.08. The van der Waals surface area contributed by atoms with Crippen LogP contribution in [-0.4, -0.2) is 47.1 Å². The molecule has 124 valence electrons. The van der Waals surface area contributed by atoms with Crippen molar-refractivity contribution in [1.29, 1.82) is 0 Å². The molecule has 1 amide bonds. The Labute approximate surface area is 140 Å². The molecule has 0 bridgehead atoms. The highest BCUT2D eigenvalue weighted by Gasteiger charge is 2.26. The SMILES string of the molecule is Cc1nc(C(C)(C)C)nc2sc(C(=O)N3CCOCC3)c(C)c12. The lowest BCUT2D eigenvalue weighted by molar-refractivity contribution is 0.0306. The molecule has 1 aliphatic heterocycles. The second-order valence-corrected chi connectivity index (χ2v) is 8.02. The number of ether oxygens (including phenoxy) is 1. The second kappa shape index (κ2) is 5.83. The number of fused-ring (bicyclic) bond motifs is 1. The van der Waals surface area contributed by atoms with Crippen molar-refractivity contribution in [2.45, 2.75) is 40.0 Å². The van der Waals surface area contributed by atoms with E-state index in [1.165, 1.54) is 11.3 Å². The lowest BCUT2D eigenvalue weighted by Crippen LogP contribution is -2.40. The summed E-state index contributed by atoms with van der Waals surface area (Å²) in [6, 6.07) is 0. The molecule has 5 nitrogen and oxygen atoms in total. The molecule has 1 fully saturated rings. The van der Waals surface area contributed by atoms with Crippen LogP contribution >= 0.6 is 11.3 Å². The Kier molecular flexibility index (Phi) is 4.14. The Morgan fingerprint density at radius 3 is 2.43 bits per heavy atom. The minimum Gasteiger partial charge on any atom is -0.378 e. The fourth-order valence-electron chi connectivity index (χ4n) is 2.79. The van der Waals surface area contributed by atoms with Gasteiger partial charge < -0.3 is 9.64 Å². The Hall–Kier alpha value is -1.53. The number of amides is 1. The molecule has 0 aliphatic carbocycles. The molecule has 0 N–H and O–H groups in total. The number of aromatic nitrogens is 2. The molecule has 0 atom stereocenters. The summed E-state index contributed by atoms with van der Waals surface area (Å²) in [5, 5.41) is 1.03. The third kappa shape index (κ3) is 2.97. The van der Waals surface area contributed by atoms with E-state index < -0.39 is 0 Å². The Morgan fingerprint density at radius 2 is 1.83 bits per heavy atom. The normalized spacial score (nSPS) is 16.1. The van der Waals surface area contributed by atoms with E-state index in [9.17, 15) is 4.79 Å². The van der Waals surface area contributed by atoms with Gasteiger partial charge in [0.15, 0.2) is 0 Å². The van der Waals surface area contributed by atoms with Crippen LogP contribution in [0.1, 0.15) is 47.5 Å². The van der Waals surface area contributed by atoms with E-state index in [4.69, 9.17) is 9.72 Å². The summed E-state index contributed by atoms with van der Waals surface area (Å²) >= 11 is 1.49. The first-order valence-electron chi connectivity index (χ1n) is 7.94. The predicted molar refractivity (Wildman–Crippen MR) is 92.3 cm³/mol. The van der Waals surface area contributed by atoms with Crippen LogP contribution in [0.25, 0.3) is 10.2 Å². The Morgan fingerprint density at radius 1 is 1.17 bits per heavy atom. The van der Waals surface area contributed by atoms with Crippen molar-refractivity contribution in [3.63, 3.8) is 0 Å². The topological polar surface area (TPSA) is 55.3 Å². The van der Waals surface area contributed by atoms with Gasteiger partial charge >= 0.3 is 0 Å². The zero-order valence-corrected chi connectivity index (χ0v) is 15.2. The molecule has 0 saturated carbocycles. The third-order valence-corrected chi connectivity index (χ3v) is 5.31. The van der Waals surface area contributed by atoms with Crippen LogP contribution in [0.4, 0.5) is 0 Å². The van der Waals surface area contributed by atoms with Crippen molar-refractivity contribution in [3.8, 4) is 0 Å². The smallest absolute Gasteiger partial charge is 0.264 e. The van der Waals surface area contributed by atoms with E-state index in [1.54, 1.807) is 0 Å². The number of hydrogen-bond acceptors (Lipinski definition) is 5. The summed E-state index contributed by atoms with van der Waals surface area (Å²) < 4.78 is 5.33. The first-order chi connectivity index (χ1) is 10.8. The number of nitrogens with zero attached hydrogens (tertiary/aromatic N) is 3. The molecule has 2 aromatic rings. The van der Waals surface area contributed by atoms with E-state index in [2.05, 4.69) is 25.8 Å². The van der Waals surface area contributed by atoms with Crippen LogP contribution in [0.5, 0.6) is 0 Å². The van der Waals surface area contributed by atoms with Crippen molar-refractivity contribution in [2.75, 3.05) is 26.3 Å². The summed E-state index contributed by atoms with van der Waals surface area (Å²) in [6.07, 6.45) is 0. The number of rotatable bonds is 1. The van der Waals surface area contributed by atoms with Gasteiger partial charge in [0.2, 0.25) is 0 Å². The number of aryl methyl sites for hydroxylation is 2. The number of carbonyl (C=O) groups is 1. The summed E-state index contributed by atoms with van der Waals surface area (Å²) in [4.78, 5) is 25.8. The zero-order chi connectivity index (χ0) is 16.8. The maximum atomic E-state index is 12.8. The van der Waals surface area contributed by atoms with Crippen molar-refractivity contribution in [3.05, 3.63) is 22.0 Å². The van der Waals surface area contributed by atoms with Crippen LogP contribution < -0.4 is 0 Å². The number of hydrogen-bond donors (Lipinski definition) is 0. The molecular weight excluding hydrogens is 310 g/mol. The summed E-state index contributed by atoms with van der Waals surface area (Å²) in [6.45, 7) is 12.9. The average Bonchev–Trinajstić information content (AvgIpc) is 2.84. The zero-order valence-electron chi connectivity index (χ0n) is 14.4. The largest absolute Gasteiger partial charge is 0.378 e. The molecule has 1 saturated heterocycles. The van der Waals surface area contributed by atoms with Gasteiger partial charge in [0.05, 0.1) is 23.8 Å². The summed E-state index contributed by atoms with van der Waals surface area (Å²) in [7, 11) is 0. The van der Waals surface area contributed by atoms with Gasteiger partial charge in [-0.2, -0.15) is 0 Å². The fourth-order valence-corrected chi connectivity index (χ4v) is 3.99. The van der Waals surface area contributed by atoms with Gasteiger partial charge in [-0.25, -0.2) is 9.97 Å². The van der Waals surface area contributed by atoms with Crippen LogP contribution in [0.15, 0.2) is 0 Å². The molecule has 3 heterocycles. The maximum Gasteiger partial charge on any atom is 0.264 e. The van der Waals surface area contributed by atoms with E-state index >= 15 is 0 Å². The van der Waals surface area contributed by atoms with Crippen LogP contribution in [0, 0.1) is 13.8 Å². The van der Waals surface area contributed by atoms with Gasteiger partial charge in [-0.05, 0) is 19.4 Å². The summed E-state index contributed by atoms with van der Waals surface area (Å²) in [5.74, 6) is 0.916.